The number of likely N-dealkylation sites (N-methyl/N-ethyl adjacent to an activating group) is 1. The van der Waals surface area contributed by atoms with Crippen molar-refractivity contribution < 1.29 is 4.79 Å². The molecule has 0 unspecified atom stereocenters. The summed E-state index contributed by atoms with van der Waals surface area (Å²) in [7, 11) is 2.09. The zero-order valence-corrected chi connectivity index (χ0v) is 14.0. The van der Waals surface area contributed by atoms with E-state index in [-0.39, 0.29) is 5.91 Å². The molecule has 0 atom stereocenters. The second-order valence-electron chi connectivity index (χ2n) is 6.08. The lowest BCUT2D eigenvalue weighted by Gasteiger charge is -2.32. The number of benzene rings is 1. The summed E-state index contributed by atoms with van der Waals surface area (Å²) in [5.74, 6) is 0.816. The molecule has 126 valence electrons. The smallest absolute Gasteiger partial charge is 0.227 e. The number of piperazine rings is 1. The highest BCUT2D eigenvalue weighted by atomic mass is 16.2. The molecule has 0 aliphatic carbocycles. The molecule has 3 rings (SSSR count). The molecule has 6 heteroatoms. The molecule has 1 aliphatic rings. The minimum absolute atomic E-state index is 0.243. The molecular formula is C18H23N5O. The lowest BCUT2D eigenvalue weighted by molar-refractivity contribution is -0.132. The number of nitrogens with one attached hydrogen (secondary N) is 1. The van der Waals surface area contributed by atoms with Gasteiger partial charge in [-0.15, -0.1) is 0 Å². The van der Waals surface area contributed by atoms with Gasteiger partial charge in [-0.05, 0) is 37.2 Å². The van der Waals surface area contributed by atoms with E-state index in [1.807, 2.05) is 29.2 Å². The fraction of sp³-hybridized carbons (Fsp3) is 0.389. The maximum atomic E-state index is 12.3. The number of anilines is 2. The summed E-state index contributed by atoms with van der Waals surface area (Å²) in [6.07, 6.45) is 4.70. The maximum absolute atomic E-state index is 12.3. The van der Waals surface area contributed by atoms with Crippen molar-refractivity contribution in [2.75, 3.05) is 38.5 Å². The summed E-state index contributed by atoms with van der Waals surface area (Å²) in [5, 5.41) is 3.18. The molecule has 1 amide bonds. The van der Waals surface area contributed by atoms with Crippen LogP contribution in [0, 0.1) is 0 Å². The third kappa shape index (κ3) is 4.52. The van der Waals surface area contributed by atoms with E-state index in [4.69, 9.17) is 0 Å². The van der Waals surface area contributed by atoms with E-state index >= 15 is 0 Å². The largest absolute Gasteiger partial charge is 0.340 e. The Morgan fingerprint density at radius 3 is 2.62 bits per heavy atom. The molecule has 0 spiro atoms. The number of rotatable bonds is 5. The lowest BCUT2D eigenvalue weighted by Crippen LogP contribution is -2.47. The Kier molecular flexibility index (Phi) is 5.38. The van der Waals surface area contributed by atoms with Crippen molar-refractivity contribution in [3.05, 3.63) is 48.3 Å². The van der Waals surface area contributed by atoms with Crippen molar-refractivity contribution in [2.24, 2.45) is 0 Å². The van der Waals surface area contributed by atoms with E-state index in [0.29, 0.717) is 12.4 Å². The van der Waals surface area contributed by atoms with Gasteiger partial charge in [0, 0.05) is 50.7 Å². The highest BCUT2D eigenvalue weighted by Gasteiger charge is 2.18. The molecule has 6 nitrogen and oxygen atoms in total. The van der Waals surface area contributed by atoms with Crippen molar-refractivity contribution in [3.8, 4) is 0 Å². The molecule has 1 fully saturated rings. The summed E-state index contributed by atoms with van der Waals surface area (Å²) in [5.41, 5.74) is 2.07. The van der Waals surface area contributed by atoms with Gasteiger partial charge in [-0.2, -0.15) is 0 Å². The molecule has 2 aromatic rings. The van der Waals surface area contributed by atoms with E-state index in [1.54, 1.807) is 18.5 Å². The van der Waals surface area contributed by atoms with Gasteiger partial charge in [-0.3, -0.25) is 4.79 Å². The number of hydrogen-bond acceptors (Lipinski definition) is 5. The SMILES string of the molecule is CN1CCN(C(=O)CCc2cccc(Nc3ncccn3)c2)CC1. The average Bonchev–Trinajstić information content (AvgIpc) is 2.61. The summed E-state index contributed by atoms with van der Waals surface area (Å²) < 4.78 is 0. The molecule has 1 N–H and O–H groups in total. The van der Waals surface area contributed by atoms with Crippen molar-refractivity contribution >= 4 is 17.5 Å². The first-order valence-electron chi connectivity index (χ1n) is 8.30. The minimum Gasteiger partial charge on any atom is -0.340 e. The Morgan fingerprint density at radius 1 is 1.12 bits per heavy atom. The van der Waals surface area contributed by atoms with E-state index in [2.05, 4.69) is 27.2 Å². The molecule has 0 radical (unpaired) electrons. The number of nitrogens with zero attached hydrogens (tertiary/aromatic N) is 4. The van der Waals surface area contributed by atoms with E-state index in [9.17, 15) is 4.79 Å². The van der Waals surface area contributed by atoms with Crippen LogP contribution in [0.3, 0.4) is 0 Å². The Bertz CT molecular complexity index is 668. The maximum Gasteiger partial charge on any atom is 0.227 e. The van der Waals surface area contributed by atoms with Gasteiger partial charge < -0.3 is 15.1 Å². The molecule has 1 aromatic carbocycles. The third-order valence-electron chi connectivity index (χ3n) is 4.23. The minimum atomic E-state index is 0.243. The van der Waals surface area contributed by atoms with Gasteiger partial charge in [-0.1, -0.05) is 12.1 Å². The zero-order chi connectivity index (χ0) is 16.8. The molecule has 1 saturated heterocycles. The van der Waals surface area contributed by atoms with Gasteiger partial charge in [0.25, 0.3) is 0 Å². The lowest BCUT2D eigenvalue weighted by atomic mass is 10.1. The van der Waals surface area contributed by atoms with Gasteiger partial charge in [-0.25, -0.2) is 9.97 Å². The fourth-order valence-corrected chi connectivity index (χ4v) is 2.76. The van der Waals surface area contributed by atoms with E-state index in [1.165, 1.54) is 0 Å². The van der Waals surface area contributed by atoms with Crippen LogP contribution in [0.1, 0.15) is 12.0 Å². The standard InChI is InChI=1S/C18H23N5O/c1-22-10-12-23(13-11-22)17(24)7-6-15-4-2-5-16(14-15)21-18-19-8-3-9-20-18/h2-5,8-9,14H,6-7,10-13H2,1H3,(H,19,20,21). The number of carbonyl (C=O) groups excluding carboxylic acids is 1. The first-order valence-corrected chi connectivity index (χ1v) is 8.30. The zero-order valence-electron chi connectivity index (χ0n) is 14.0. The number of aromatic nitrogens is 2. The van der Waals surface area contributed by atoms with Crippen LogP contribution in [0.15, 0.2) is 42.7 Å². The van der Waals surface area contributed by atoms with E-state index in [0.717, 1.165) is 43.9 Å². The number of carbonyl (C=O) groups is 1. The Hall–Kier alpha value is -2.47. The second-order valence-corrected chi connectivity index (χ2v) is 6.08. The van der Waals surface area contributed by atoms with Crippen LogP contribution in [0.5, 0.6) is 0 Å². The van der Waals surface area contributed by atoms with Crippen LogP contribution in [-0.2, 0) is 11.2 Å². The highest BCUT2D eigenvalue weighted by molar-refractivity contribution is 5.76. The molecule has 0 saturated carbocycles. The normalized spacial score (nSPS) is 15.3. The Morgan fingerprint density at radius 2 is 1.88 bits per heavy atom. The quantitative estimate of drug-likeness (QED) is 0.910. The van der Waals surface area contributed by atoms with Crippen molar-refractivity contribution in [1.82, 2.24) is 19.8 Å². The van der Waals surface area contributed by atoms with Crippen molar-refractivity contribution in [2.45, 2.75) is 12.8 Å². The number of hydrogen-bond donors (Lipinski definition) is 1. The van der Waals surface area contributed by atoms with Crippen LogP contribution < -0.4 is 5.32 Å². The summed E-state index contributed by atoms with van der Waals surface area (Å²) in [6, 6.07) is 9.84. The molecule has 24 heavy (non-hydrogen) atoms. The topological polar surface area (TPSA) is 61.4 Å². The predicted molar refractivity (Wildman–Crippen MR) is 94.2 cm³/mol. The van der Waals surface area contributed by atoms with Gasteiger partial charge in [0.05, 0.1) is 0 Å². The fourth-order valence-electron chi connectivity index (χ4n) is 2.76. The van der Waals surface area contributed by atoms with Crippen LogP contribution in [0.4, 0.5) is 11.6 Å². The van der Waals surface area contributed by atoms with Crippen LogP contribution in [0.25, 0.3) is 0 Å². The van der Waals surface area contributed by atoms with Gasteiger partial charge in [0.1, 0.15) is 0 Å². The van der Waals surface area contributed by atoms with Crippen LogP contribution in [-0.4, -0.2) is 58.9 Å². The molecule has 1 aromatic heterocycles. The molecule has 2 heterocycles. The van der Waals surface area contributed by atoms with Crippen molar-refractivity contribution in [3.63, 3.8) is 0 Å². The highest BCUT2D eigenvalue weighted by Crippen LogP contribution is 2.16. The summed E-state index contributed by atoms with van der Waals surface area (Å²) in [6.45, 7) is 3.59. The molecular weight excluding hydrogens is 302 g/mol. The van der Waals surface area contributed by atoms with E-state index < -0.39 is 0 Å². The second kappa shape index (κ2) is 7.88. The Balaban J connectivity index is 1.54. The van der Waals surface area contributed by atoms with Crippen LogP contribution in [0.2, 0.25) is 0 Å². The molecule has 0 bridgehead atoms. The first-order chi connectivity index (χ1) is 11.7. The molecule has 1 aliphatic heterocycles. The van der Waals surface area contributed by atoms with Crippen LogP contribution >= 0.6 is 0 Å². The van der Waals surface area contributed by atoms with Gasteiger partial charge in [0.15, 0.2) is 0 Å². The Labute approximate surface area is 142 Å². The summed E-state index contributed by atoms with van der Waals surface area (Å²) >= 11 is 0. The van der Waals surface area contributed by atoms with Crippen molar-refractivity contribution in [1.29, 1.82) is 0 Å². The average molecular weight is 325 g/mol. The first kappa shape index (κ1) is 16.4. The predicted octanol–water partition coefficient (Wildman–Crippen LogP) is 1.93. The monoisotopic (exact) mass is 325 g/mol. The number of amides is 1. The third-order valence-corrected chi connectivity index (χ3v) is 4.23. The summed E-state index contributed by atoms with van der Waals surface area (Å²) in [4.78, 5) is 24.9. The van der Waals surface area contributed by atoms with Gasteiger partial charge in [0.2, 0.25) is 11.9 Å². The van der Waals surface area contributed by atoms with Gasteiger partial charge >= 0.3 is 0 Å². The number of aryl methyl sites for hydroxylation is 1.